The lowest BCUT2D eigenvalue weighted by atomic mass is 9.85. The monoisotopic (exact) mass is 478 g/mol. The highest BCUT2D eigenvalue weighted by Crippen LogP contribution is 2.40. The Balaban J connectivity index is 2.24. The molecule has 0 radical (unpaired) electrons. The number of halogens is 2. The van der Waals surface area contributed by atoms with Crippen LogP contribution in [0.3, 0.4) is 0 Å². The highest BCUT2D eigenvalue weighted by atomic mass is 35.5. The number of aromatic hydroxyl groups is 1. The predicted molar refractivity (Wildman–Crippen MR) is 122 cm³/mol. The fourth-order valence-corrected chi connectivity index (χ4v) is 4.48. The van der Waals surface area contributed by atoms with Gasteiger partial charge in [0.05, 0.1) is 31.8 Å². The van der Waals surface area contributed by atoms with E-state index in [1.165, 1.54) is 6.07 Å². The van der Waals surface area contributed by atoms with Gasteiger partial charge < -0.3 is 14.7 Å². The van der Waals surface area contributed by atoms with Crippen LogP contribution in [0.4, 0.5) is 4.79 Å². The second-order valence-electron chi connectivity index (χ2n) is 9.61. The highest BCUT2D eigenvalue weighted by molar-refractivity contribution is 7.84. The molecule has 1 aliphatic rings. The van der Waals surface area contributed by atoms with Crippen molar-refractivity contribution in [1.82, 2.24) is 9.62 Å². The first-order valence-electron chi connectivity index (χ1n) is 10.0. The zero-order chi connectivity index (χ0) is 22.9. The van der Waals surface area contributed by atoms with Gasteiger partial charge in [-0.3, -0.25) is 0 Å². The molecule has 1 amide bonds. The number of phenols is 1. The first-order valence-corrected chi connectivity index (χ1v) is 11.9. The topological polar surface area (TPSA) is 78.9 Å². The maximum Gasteiger partial charge on any atom is 0.410 e. The van der Waals surface area contributed by atoms with Crippen LogP contribution in [-0.4, -0.2) is 43.7 Å². The van der Waals surface area contributed by atoms with Gasteiger partial charge in [0.1, 0.15) is 11.4 Å². The van der Waals surface area contributed by atoms with E-state index in [0.717, 1.165) is 0 Å². The molecule has 0 aromatic heterocycles. The number of likely N-dealkylation sites (tertiary alicyclic amines) is 1. The van der Waals surface area contributed by atoms with Crippen molar-refractivity contribution in [1.29, 1.82) is 0 Å². The van der Waals surface area contributed by atoms with E-state index in [-0.39, 0.29) is 22.8 Å². The Bertz CT molecular complexity index is 797. The smallest absolute Gasteiger partial charge is 0.410 e. The molecule has 1 aliphatic heterocycles. The molecule has 0 aliphatic carbocycles. The molecule has 2 rings (SSSR count). The Morgan fingerprint density at radius 2 is 1.70 bits per heavy atom. The van der Waals surface area contributed by atoms with Crippen LogP contribution < -0.4 is 4.72 Å². The lowest BCUT2D eigenvalue weighted by molar-refractivity contribution is 0.0171. The summed E-state index contributed by atoms with van der Waals surface area (Å²) < 4.78 is 21.0. The fraction of sp³-hybridized carbons (Fsp3) is 0.667. The molecule has 1 saturated heterocycles. The van der Waals surface area contributed by atoms with Gasteiger partial charge in [0.15, 0.2) is 0 Å². The van der Waals surface area contributed by atoms with Crippen LogP contribution in [0.2, 0.25) is 10.0 Å². The fourth-order valence-electron chi connectivity index (χ4n) is 3.25. The van der Waals surface area contributed by atoms with E-state index < -0.39 is 27.4 Å². The van der Waals surface area contributed by atoms with E-state index in [2.05, 4.69) is 4.72 Å². The van der Waals surface area contributed by atoms with Gasteiger partial charge in [0.2, 0.25) is 0 Å². The first-order chi connectivity index (χ1) is 13.7. The van der Waals surface area contributed by atoms with Gasteiger partial charge in [0, 0.05) is 24.7 Å². The minimum atomic E-state index is -1.36. The van der Waals surface area contributed by atoms with Gasteiger partial charge in [-0.1, -0.05) is 23.2 Å². The quantitative estimate of drug-likeness (QED) is 0.603. The Hall–Kier alpha value is -1.02. The molecule has 2 N–H and O–H groups in total. The Morgan fingerprint density at radius 1 is 1.17 bits per heavy atom. The van der Waals surface area contributed by atoms with Crippen LogP contribution in [0.5, 0.6) is 5.75 Å². The zero-order valence-corrected chi connectivity index (χ0v) is 20.7. The van der Waals surface area contributed by atoms with Crippen molar-refractivity contribution < 1.29 is 18.8 Å². The lowest BCUT2D eigenvalue weighted by Gasteiger charge is -2.38. The number of hydrogen-bond acceptors (Lipinski definition) is 4. The van der Waals surface area contributed by atoms with E-state index in [9.17, 15) is 14.1 Å². The predicted octanol–water partition coefficient (Wildman–Crippen LogP) is 5.44. The van der Waals surface area contributed by atoms with Gasteiger partial charge in [-0.2, -0.15) is 0 Å². The van der Waals surface area contributed by atoms with Gasteiger partial charge in [0.25, 0.3) is 0 Å². The summed E-state index contributed by atoms with van der Waals surface area (Å²) in [5.74, 6) is 0.0421. The standard InChI is InChI=1S/C21H32Cl2N2O4S/c1-20(2,3)29-19(27)25-9-7-13(8-10-25)18(24-30(28)21(4,5)6)14-11-15(22)16(23)12-17(14)26/h11-13,18,24,26H,7-10H2,1-6H3/t18-,30?/m1/s1. The molecule has 2 atom stereocenters. The maximum atomic E-state index is 12.9. The number of benzene rings is 1. The van der Waals surface area contributed by atoms with Crippen molar-refractivity contribution in [2.45, 2.75) is 70.8 Å². The van der Waals surface area contributed by atoms with E-state index in [1.54, 1.807) is 11.0 Å². The molecule has 170 valence electrons. The molecule has 0 saturated carbocycles. The number of rotatable bonds is 4. The minimum Gasteiger partial charge on any atom is -0.508 e. The molecule has 1 aromatic carbocycles. The van der Waals surface area contributed by atoms with Crippen molar-refractivity contribution in [2.24, 2.45) is 5.92 Å². The Morgan fingerprint density at radius 3 is 2.20 bits per heavy atom. The van der Waals surface area contributed by atoms with Crippen LogP contribution in [0, 0.1) is 5.92 Å². The maximum absolute atomic E-state index is 12.9. The van der Waals surface area contributed by atoms with Crippen molar-refractivity contribution >= 4 is 40.3 Å². The number of phenolic OH excluding ortho intramolecular Hbond substituents is 1. The Labute approximate surface area is 191 Å². The number of piperidine rings is 1. The number of amides is 1. The summed E-state index contributed by atoms with van der Waals surface area (Å²) in [5, 5.41) is 11.1. The van der Waals surface area contributed by atoms with Gasteiger partial charge in [-0.05, 0) is 66.4 Å². The number of nitrogens with one attached hydrogen (secondary N) is 1. The number of carbonyl (C=O) groups is 1. The van der Waals surface area contributed by atoms with Gasteiger partial charge in [-0.15, -0.1) is 0 Å². The number of nitrogens with zero attached hydrogens (tertiary/aromatic N) is 1. The molecule has 1 fully saturated rings. The van der Waals surface area contributed by atoms with Crippen LogP contribution in [0.1, 0.15) is 66.0 Å². The average molecular weight is 479 g/mol. The SMILES string of the molecule is CC(C)(C)OC(=O)N1CCC([C@@H](NS(=O)C(C)(C)C)c2cc(Cl)c(Cl)cc2O)CC1. The van der Waals surface area contributed by atoms with Crippen LogP contribution in [0.15, 0.2) is 12.1 Å². The lowest BCUT2D eigenvalue weighted by Crippen LogP contribution is -2.45. The molecule has 6 nitrogen and oxygen atoms in total. The molecule has 9 heteroatoms. The van der Waals surface area contributed by atoms with Crippen molar-refractivity contribution in [3.05, 3.63) is 27.7 Å². The summed E-state index contributed by atoms with van der Waals surface area (Å²) in [6.07, 6.45) is 0.997. The summed E-state index contributed by atoms with van der Waals surface area (Å²) in [4.78, 5) is 14.1. The van der Waals surface area contributed by atoms with Crippen molar-refractivity contribution in [3.63, 3.8) is 0 Å². The molecular formula is C21H32Cl2N2O4S. The largest absolute Gasteiger partial charge is 0.508 e. The molecule has 0 spiro atoms. The van der Waals surface area contributed by atoms with Gasteiger partial charge >= 0.3 is 6.09 Å². The average Bonchev–Trinajstić information content (AvgIpc) is 2.61. The first kappa shape index (κ1) is 25.2. The molecule has 1 unspecified atom stereocenters. The number of ether oxygens (including phenoxy) is 1. The van der Waals surface area contributed by atoms with E-state index in [4.69, 9.17) is 27.9 Å². The molecule has 0 bridgehead atoms. The van der Waals surface area contributed by atoms with Crippen LogP contribution in [0.25, 0.3) is 0 Å². The minimum absolute atomic E-state index is 0.00220. The Kier molecular flexibility index (Phi) is 8.11. The van der Waals surface area contributed by atoms with E-state index >= 15 is 0 Å². The molecular weight excluding hydrogens is 447 g/mol. The zero-order valence-electron chi connectivity index (χ0n) is 18.4. The third-order valence-electron chi connectivity index (χ3n) is 4.86. The van der Waals surface area contributed by atoms with Crippen LogP contribution in [-0.2, 0) is 15.7 Å². The second kappa shape index (κ2) is 9.63. The van der Waals surface area contributed by atoms with Gasteiger partial charge in [-0.25, -0.2) is 13.7 Å². The molecule has 1 heterocycles. The third kappa shape index (κ3) is 6.74. The highest BCUT2D eigenvalue weighted by Gasteiger charge is 2.35. The normalized spacial score (nSPS) is 18.2. The molecule has 1 aromatic rings. The number of carbonyl (C=O) groups excluding carboxylic acids is 1. The van der Waals surface area contributed by atoms with Crippen molar-refractivity contribution in [3.8, 4) is 5.75 Å². The van der Waals surface area contributed by atoms with E-state index in [1.807, 2.05) is 41.5 Å². The second-order valence-corrected chi connectivity index (χ2v) is 12.4. The molecule has 30 heavy (non-hydrogen) atoms. The van der Waals surface area contributed by atoms with Crippen LogP contribution >= 0.6 is 23.2 Å². The summed E-state index contributed by atoms with van der Waals surface area (Å²) >= 11 is 12.2. The number of hydrogen-bond donors (Lipinski definition) is 2. The summed E-state index contributed by atoms with van der Waals surface area (Å²) in [6, 6.07) is 2.63. The summed E-state index contributed by atoms with van der Waals surface area (Å²) in [5.41, 5.74) is 0.00530. The summed E-state index contributed by atoms with van der Waals surface area (Å²) in [7, 11) is -1.36. The summed E-state index contributed by atoms with van der Waals surface area (Å²) in [6.45, 7) is 12.2. The van der Waals surface area contributed by atoms with Crippen molar-refractivity contribution in [2.75, 3.05) is 13.1 Å². The third-order valence-corrected chi connectivity index (χ3v) is 7.16. The van der Waals surface area contributed by atoms with E-state index in [0.29, 0.717) is 36.5 Å².